The van der Waals surface area contributed by atoms with Crippen LogP contribution >= 0.6 is 0 Å². The van der Waals surface area contributed by atoms with E-state index in [2.05, 4.69) is 34.9 Å². The van der Waals surface area contributed by atoms with Crippen molar-refractivity contribution >= 4 is 18.0 Å². The molecule has 2 aliphatic carbocycles. The number of hydrogen-bond acceptors (Lipinski definition) is 4. The third-order valence-electron chi connectivity index (χ3n) is 6.89. The van der Waals surface area contributed by atoms with Crippen molar-refractivity contribution in [1.82, 2.24) is 10.6 Å². The van der Waals surface area contributed by atoms with E-state index in [4.69, 9.17) is 4.74 Å². The second-order valence-electron chi connectivity index (χ2n) is 9.65. The molecule has 1 saturated carbocycles. The van der Waals surface area contributed by atoms with Crippen molar-refractivity contribution in [3.05, 3.63) is 59.7 Å². The average molecular weight is 479 g/mol. The van der Waals surface area contributed by atoms with Crippen molar-refractivity contribution in [3.63, 3.8) is 0 Å². The van der Waals surface area contributed by atoms with Gasteiger partial charge in [0.05, 0.1) is 6.42 Å². The van der Waals surface area contributed by atoms with Gasteiger partial charge in [-0.25, -0.2) is 4.79 Å². The number of nitrogens with one attached hydrogen (secondary N) is 2. The molecule has 0 heterocycles. The molecule has 7 heteroatoms. The molecule has 0 radical (unpaired) electrons. The fourth-order valence-electron chi connectivity index (χ4n) is 4.89. The van der Waals surface area contributed by atoms with Crippen LogP contribution in [0.1, 0.15) is 68.9 Å². The first-order valence-electron chi connectivity index (χ1n) is 12.6. The van der Waals surface area contributed by atoms with Crippen LogP contribution in [0.3, 0.4) is 0 Å². The zero-order chi connectivity index (χ0) is 24.8. The van der Waals surface area contributed by atoms with E-state index >= 15 is 0 Å². The van der Waals surface area contributed by atoms with Crippen LogP contribution in [0.25, 0.3) is 11.1 Å². The average Bonchev–Trinajstić information content (AvgIpc) is 3.61. The number of amides is 2. The van der Waals surface area contributed by atoms with E-state index in [1.165, 1.54) is 0 Å². The summed E-state index contributed by atoms with van der Waals surface area (Å²) in [5, 5.41) is 14.8. The molecule has 7 nitrogen and oxygen atoms in total. The Balaban J connectivity index is 1.38. The summed E-state index contributed by atoms with van der Waals surface area (Å²) in [5.74, 6) is -0.951. The molecule has 35 heavy (non-hydrogen) atoms. The van der Waals surface area contributed by atoms with Crippen molar-refractivity contribution in [2.45, 2.75) is 69.9 Å². The highest BCUT2D eigenvalue weighted by molar-refractivity contribution is 5.86. The van der Waals surface area contributed by atoms with Crippen LogP contribution in [0.15, 0.2) is 48.5 Å². The van der Waals surface area contributed by atoms with E-state index in [-0.39, 0.29) is 24.9 Å². The molecule has 2 atom stereocenters. The van der Waals surface area contributed by atoms with E-state index in [9.17, 15) is 19.5 Å². The van der Waals surface area contributed by atoms with Crippen LogP contribution in [0.5, 0.6) is 0 Å². The summed E-state index contributed by atoms with van der Waals surface area (Å²) in [6, 6.07) is 15.1. The number of benzene rings is 2. The largest absolute Gasteiger partial charge is 0.481 e. The number of aliphatic carboxylic acids is 1. The summed E-state index contributed by atoms with van der Waals surface area (Å²) < 4.78 is 5.63. The monoisotopic (exact) mass is 478 g/mol. The molecule has 1 fully saturated rings. The van der Waals surface area contributed by atoms with Crippen molar-refractivity contribution in [2.75, 3.05) is 6.61 Å². The Morgan fingerprint density at radius 1 is 1.00 bits per heavy atom. The number of fused-ring (bicyclic) bond motifs is 3. The number of hydrogen-bond donors (Lipinski definition) is 3. The first kappa shape index (κ1) is 24.8. The summed E-state index contributed by atoms with van der Waals surface area (Å²) >= 11 is 0. The minimum absolute atomic E-state index is 0.0575. The van der Waals surface area contributed by atoms with Gasteiger partial charge in [0.25, 0.3) is 0 Å². The third-order valence-corrected chi connectivity index (χ3v) is 6.89. The van der Waals surface area contributed by atoms with E-state index < -0.39 is 24.1 Å². The smallest absolute Gasteiger partial charge is 0.407 e. The lowest BCUT2D eigenvalue weighted by Crippen LogP contribution is -2.50. The molecule has 4 rings (SSSR count). The molecule has 0 bridgehead atoms. The Labute approximate surface area is 206 Å². The molecule has 186 valence electrons. The molecule has 0 saturated heterocycles. The van der Waals surface area contributed by atoms with Crippen molar-refractivity contribution in [3.8, 4) is 11.1 Å². The lowest BCUT2D eigenvalue weighted by molar-refractivity contribution is -0.137. The molecule has 0 aliphatic heterocycles. The van der Waals surface area contributed by atoms with Crippen LogP contribution in [-0.2, 0) is 14.3 Å². The Kier molecular flexibility index (Phi) is 8.06. The molecule has 2 aliphatic rings. The molecule has 2 amide bonds. The number of unbranched alkanes of at least 4 members (excludes halogenated alkanes) is 1. The first-order chi connectivity index (χ1) is 17.0. The number of rotatable bonds is 12. The predicted molar refractivity (Wildman–Crippen MR) is 133 cm³/mol. The topological polar surface area (TPSA) is 105 Å². The molecule has 0 spiro atoms. The minimum Gasteiger partial charge on any atom is -0.481 e. The molecular formula is C28H34N2O5. The maximum atomic E-state index is 13.0. The summed E-state index contributed by atoms with van der Waals surface area (Å²) in [4.78, 5) is 37.0. The Morgan fingerprint density at radius 3 is 2.20 bits per heavy atom. The van der Waals surface area contributed by atoms with Crippen molar-refractivity contribution < 1.29 is 24.2 Å². The predicted octanol–water partition coefficient (Wildman–Crippen LogP) is 4.84. The fraction of sp³-hybridized carbons (Fsp3) is 0.464. The van der Waals surface area contributed by atoms with Crippen LogP contribution in [0, 0.1) is 5.92 Å². The van der Waals surface area contributed by atoms with Gasteiger partial charge >= 0.3 is 12.1 Å². The van der Waals surface area contributed by atoms with Gasteiger partial charge in [-0.3, -0.25) is 9.59 Å². The van der Waals surface area contributed by atoms with Crippen LogP contribution in [0.2, 0.25) is 0 Å². The number of carboxylic acid groups (broad SMARTS) is 1. The number of carboxylic acids is 1. The number of ether oxygens (including phenoxy) is 1. The Hall–Kier alpha value is -3.35. The highest BCUT2D eigenvalue weighted by Crippen LogP contribution is 2.44. The maximum absolute atomic E-state index is 13.0. The lowest BCUT2D eigenvalue weighted by atomic mass is 9.98. The minimum atomic E-state index is -0.949. The molecular weight excluding hydrogens is 444 g/mol. The number of alkyl carbamates (subject to hydrolysis) is 1. The van der Waals surface area contributed by atoms with E-state index in [0.717, 1.165) is 47.9 Å². The van der Waals surface area contributed by atoms with Crippen LogP contribution < -0.4 is 10.6 Å². The van der Waals surface area contributed by atoms with Gasteiger partial charge in [0.2, 0.25) is 5.91 Å². The quantitative estimate of drug-likeness (QED) is 0.405. The molecule has 1 unspecified atom stereocenters. The van der Waals surface area contributed by atoms with Gasteiger partial charge in [0, 0.05) is 12.0 Å². The van der Waals surface area contributed by atoms with Crippen LogP contribution in [0.4, 0.5) is 4.79 Å². The summed E-state index contributed by atoms with van der Waals surface area (Å²) in [7, 11) is 0. The standard InChI is InChI=1S/C28H34N2O5/c1-2-3-8-19(16-26(31)32)29-27(33)25(15-18-13-14-18)30-28(34)35-17-24-22-11-6-4-9-20(22)21-10-5-7-12-23(21)24/h4-7,9-12,18-19,24-25H,2-3,8,13-17H2,1H3,(H,29,33)(H,30,34)(H,31,32)/t19?,25-/m0/s1. The van der Waals surface area contributed by atoms with Crippen LogP contribution in [-0.4, -0.2) is 41.8 Å². The van der Waals surface area contributed by atoms with Gasteiger partial charge in [-0.2, -0.15) is 0 Å². The summed E-state index contributed by atoms with van der Waals surface area (Å²) in [6.07, 6.45) is 4.16. The maximum Gasteiger partial charge on any atom is 0.407 e. The number of carbonyl (C=O) groups excluding carboxylic acids is 2. The zero-order valence-electron chi connectivity index (χ0n) is 20.2. The van der Waals surface area contributed by atoms with Gasteiger partial charge < -0.3 is 20.5 Å². The van der Waals surface area contributed by atoms with E-state index in [0.29, 0.717) is 18.8 Å². The molecule has 0 aromatic heterocycles. The highest BCUT2D eigenvalue weighted by Gasteiger charge is 2.33. The molecule has 3 N–H and O–H groups in total. The second-order valence-corrected chi connectivity index (χ2v) is 9.65. The third kappa shape index (κ3) is 6.41. The zero-order valence-corrected chi connectivity index (χ0v) is 20.2. The van der Waals surface area contributed by atoms with Gasteiger partial charge in [-0.15, -0.1) is 0 Å². The molecule has 2 aromatic carbocycles. The van der Waals surface area contributed by atoms with E-state index in [1.54, 1.807) is 0 Å². The van der Waals surface area contributed by atoms with Gasteiger partial charge in [-0.05, 0) is 41.0 Å². The summed E-state index contributed by atoms with van der Waals surface area (Å²) in [5.41, 5.74) is 4.56. The lowest BCUT2D eigenvalue weighted by Gasteiger charge is -2.23. The number of carbonyl (C=O) groups is 3. The van der Waals surface area contributed by atoms with Gasteiger partial charge in [0.15, 0.2) is 0 Å². The second kappa shape index (κ2) is 11.4. The Morgan fingerprint density at radius 2 is 1.63 bits per heavy atom. The Bertz CT molecular complexity index is 1020. The molecule has 2 aromatic rings. The summed E-state index contributed by atoms with van der Waals surface area (Å²) in [6.45, 7) is 2.20. The fourth-order valence-corrected chi connectivity index (χ4v) is 4.89. The normalized spacial score (nSPS) is 16.0. The van der Waals surface area contributed by atoms with Gasteiger partial charge in [-0.1, -0.05) is 81.1 Å². The SMILES string of the molecule is CCCCC(CC(=O)O)NC(=O)[C@H](CC1CC1)NC(=O)OCC1c2ccccc2-c2ccccc21. The van der Waals surface area contributed by atoms with Gasteiger partial charge in [0.1, 0.15) is 12.6 Å². The van der Waals surface area contributed by atoms with Crippen molar-refractivity contribution in [1.29, 1.82) is 0 Å². The van der Waals surface area contributed by atoms with E-state index in [1.807, 2.05) is 31.2 Å². The highest BCUT2D eigenvalue weighted by atomic mass is 16.5. The van der Waals surface area contributed by atoms with Crippen molar-refractivity contribution in [2.24, 2.45) is 5.92 Å². The first-order valence-corrected chi connectivity index (χ1v) is 12.6.